The van der Waals surface area contributed by atoms with Gasteiger partial charge >= 0.3 is 5.69 Å². The number of halogens is 4. The standard InChI is InChI=1S/C9H8Cl2F2N2O5S/c10-4-1-2-6(7(11)8(4)15(17)18)21(19,20)14-3-5(16)9(12)13/h1-2,5,9,14,16H,3H2. The molecule has 1 rings (SSSR count). The van der Waals surface area contributed by atoms with Crippen molar-refractivity contribution in [2.45, 2.75) is 17.4 Å². The Kier molecular flexibility index (Phi) is 5.82. The van der Waals surface area contributed by atoms with Crippen molar-refractivity contribution in [3.05, 3.63) is 32.3 Å². The first-order valence-corrected chi connectivity index (χ1v) is 7.40. The molecule has 1 unspecified atom stereocenters. The third-order valence-electron chi connectivity index (χ3n) is 2.28. The molecule has 0 bridgehead atoms. The van der Waals surface area contributed by atoms with E-state index in [0.29, 0.717) is 0 Å². The normalized spacial score (nSPS) is 13.4. The number of rotatable bonds is 6. The van der Waals surface area contributed by atoms with Crippen LogP contribution in [0.5, 0.6) is 0 Å². The maximum Gasteiger partial charge on any atom is 0.307 e. The van der Waals surface area contributed by atoms with E-state index >= 15 is 0 Å². The van der Waals surface area contributed by atoms with E-state index in [0.717, 1.165) is 12.1 Å². The molecule has 118 valence electrons. The van der Waals surface area contributed by atoms with Gasteiger partial charge in [-0.25, -0.2) is 21.9 Å². The molecular formula is C9H8Cl2F2N2O5S. The van der Waals surface area contributed by atoms with Gasteiger partial charge in [0.05, 0.1) is 4.92 Å². The first kappa shape index (κ1) is 18.0. The number of hydrogen-bond acceptors (Lipinski definition) is 5. The van der Waals surface area contributed by atoms with E-state index in [2.05, 4.69) is 0 Å². The smallest absolute Gasteiger partial charge is 0.307 e. The summed E-state index contributed by atoms with van der Waals surface area (Å²) >= 11 is 11.2. The fraction of sp³-hybridized carbons (Fsp3) is 0.333. The van der Waals surface area contributed by atoms with E-state index in [-0.39, 0.29) is 5.02 Å². The Labute approximate surface area is 127 Å². The Morgan fingerprint density at radius 3 is 2.43 bits per heavy atom. The molecule has 0 aliphatic heterocycles. The topological polar surface area (TPSA) is 110 Å². The van der Waals surface area contributed by atoms with E-state index in [1.807, 2.05) is 0 Å². The van der Waals surface area contributed by atoms with Crippen LogP contribution in [0, 0.1) is 10.1 Å². The Hall–Kier alpha value is -1.07. The van der Waals surface area contributed by atoms with Crippen LogP contribution >= 0.6 is 23.2 Å². The molecule has 1 aromatic rings. The van der Waals surface area contributed by atoms with Gasteiger partial charge in [-0.1, -0.05) is 23.2 Å². The Balaban J connectivity index is 3.16. The van der Waals surface area contributed by atoms with Gasteiger partial charge in [0.25, 0.3) is 6.43 Å². The molecule has 0 heterocycles. The number of sulfonamides is 1. The number of benzene rings is 1. The van der Waals surface area contributed by atoms with Crippen LogP contribution in [0.1, 0.15) is 0 Å². The second-order valence-electron chi connectivity index (χ2n) is 3.72. The quantitative estimate of drug-likeness (QED) is 0.590. The number of nitro benzene ring substituents is 1. The van der Waals surface area contributed by atoms with Crippen LogP contribution in [0.3, 0.4) is 0 Å². The average molecular weight is 365 g/mol. The van der Waals surface area contributed by atoms with Gasteiger partial charge in [-0.3, -0.25) is 10.1 Å². The third-order valence-corrected chi connectivity index (χ3v) is 4.54. The summed E-state index contributed by atoms with van der Waals surface area (Å²) in [5.41, 5.74) is -0.824. The van der Waals surface area contributed by atoms with Gasteiger partial charge in [-0.15, -0.1) is 0 Å². The SMILES string of the molecule is O=[N+]([O-])c1c(Cl)ccc(S(=O)(=O)NCC(O)C(F)F)c1Cl. The largest absolute Gasteiger partial charge is 0.386 e. The summed E-state index contributed by atoms with van der Waals surface area (Å²) in [5, 5.41) is 18.5. The molecule has 12 heteroatoms. The zero-order valence-electron chi connectivity index (χ0n) is 9.96. The molecular weight excluding hydrogens is 357 g/mol. The van der Waals surface area contributed by atoms with E-state index in [4.69, 9.17) is 28.3 Å². The van der Waals surface area contributed by atoms with E-state index in [9.17, 15) is 27.3 Å². The first-order valence-electron chi connectivity index (χ1n) is 5.16. The van der Waals surface area contributed by atoms with Crippen LogP contribution in [-0.2, 0) is 10.0 Å². The van der Waals surface area contributed by atoms with Gasteiger partial charge in [0.2, 0.25) is 10.0 Å². The molecule has 0 saturated carbocycles. The number of aliphatic hydroxyl groups is 1. The zero-order valence-corrected chi connectivity index (χ0v) is 12.3. The van der Waals surface area contributed by atoms with E-state index in [1.54, 1.807) is 4.72 Å². The molecule has 0 radical (unpaired) electrons. The van der Waals surface area contributed by atoms with Crippen LogP contribution in [-0.4, -0.2) is 37.5 Å². The van der Waals surface area contributed by atoms with E-state index < -0.39 is 49.6 Å². The molecule has 7 nitrogen and oxygen atoms in total. The summed E-state index contributed by atoms with van der Waals surface area (Å²) in [5.74, 6) is 0. The summed E-state index contributed by atoms with van der Waals surface area (Å²) < 4.78 is 49.6. The monoisotopic (exact) mass is 364 g/mol. The van der Waals surface area contributed by atoms with Gasteiger partial charge in [0.1, 0.15) is 21.0 Å². The average Bonchev–Trinajstić information content (AvgIpc) is 2.35. The van der Waals surface area contributed by atoms with Crippen molar-refractivity contribution in [3.63, 3.8) is 0 Å². The summed E-state index contributed by atoms with van der Waals surface area (Å²) in [6, 6.07) is 1.82. The Morgan fingerprint density at radius 2 is 1.95 bits per heavy atom. The molecule has 0 aromatic heterocycles. The van der Waals surface area contributed by atoms with Crippen molar-refractivity contribution < 1.29 is 27.2 Å². The van der Waals surface area contributed by atoms with Crippen molar-refractivity contribution in [2.75, 3.05) is 6.54 Å². The van der Waals surface area contributed by atoms with Gasteiger partial charge in [-0.05, 0) is 12.1 Å². The molecule has 21 heavy (non-hydrogen) atoms. The number of aliphatic hydroxyl groups excluding tert-OH is 1. The Morgan fingerprint density at radius 1 is 1.38 bits per heavy atom. The maximum absolute atomic E-state index is 12.1. The highest BCUT2D eigenvalue weighted by Crippen LogP contribution is 2.36. The molecule has 2 N–H and O–H groups in total. The minimum absolute atomic E-state index is 0.378. The summed E-state index contributed by atoms with van der Waals surface area (Å²) in [6.45, 7) is -0.979. The molecule has 0 spiro atoms. The number of nitrogens with zero attached hydrogens (tertiary/aromatic N) is 1. The fourth-order valence-electron chi connectivity index (χ4n) is 1.26. The van der Waals surface area contributed by atoms with Crippen LogP contribution in [0.2, 0.25) is 10.0 Å². The van der Waals surface area contributed by atoms with Gasteiger partial charge in [-0.2, -0.15) is 0 Å². The number of hydrogen-bond donors (Lipinski definition) is 2. The highest BCUT2D eigenvalue weighted by Gasteiger charge is 2.28. The lowest BCUT2D eigenvalue weighted by molar-refractivity contribution is -0.384. The van der Waals surface area contributed by atoms with Gasteiger partial charge in [0.15, 0.2) is 0 Å². The van der Waals surface area contributed by atoms with Crippen LogP contribution < -0.4 is 4.72 Å². The van der Waals surface area contributed by atoms with Crippen molar-refractivity contribution in [1.29, 1.82) is 0 Å². The second-order valence-corrected chi connectivity index (χ2v) is 6.24. The molecule has 1 aromatic carbocycles. The van der Waals surface area contributed by atoms with E-state index in [1.165, 1.54) is 0 Å². The van der Waals surface area contributed by atoms with Crippen molar-refractivity contribution >= 4 is 38.9 Å². The second kappa shape index (κ2) is 6.79. The lowest BCUT2D eigenvalue weighted by atomic mass is 10.3. The molecule has 0 amide bonds. The predicted octanol–water partition coefficient (Wildman–Crippen LogP) is 1.81. The highest BCUT2D eigenvalue weighted by molar-refractivity contribution is 7.89. The third kappa shape index (κ3) is 4.20. The number of alkyl halides is 2. The van der Waals surface area contributed by atoms with Crippen molar-refractivity contribution in [3.8, 4) is 0 Å². The Bertz CT molecular complexity index is 656. The molecule has 0 aliphatic rings. The lowest BCUT2D eigenvalue weighted by Crippen LogP contribution is -2.36. The van der Waals surface area contributed by atoms with Crippen LogP contribution in [0.15, 0.2) is 17.0 Å². The molecule has 1 atom stereocenters. The van der Waals surface area contributed by atoms with Crippen LogP contribution in [0.4, 0.5) is 14.5 Å². The van der Waals surface area contributed by atoms with Gasteiger partial charge in [0, 0.05) is 6.54 Å². The summed E-state index contributed by atoms with van der Waals surface area (Å²) in [7, 11) is -4.43. The zero-order chi connectivity index (χ0) is 16.4. The minimum Gasteiger partial charge on any atom is -0.386 e. The highest BCUT2D eigenvalue weighted by atomic mass is 35.5. The molecule has 0 aliphatic carbocycles. The van der Waals surface area contributed by atoms with Crippen molar-refractivity contribution in [2.24, 2.45) is 0 Å². The summed E-state index contributed by atoms with van der Waals surface area (Å²) in [6.07, 6.45) is -5.37. The van der Waals surface area contributed by atoms with Crippen LogP contribution in [0.25, 0.3) is 0 Å². The minimum atomic E-state index is -4.43. The first-order chi connectivity index (χ1) is 9.58. The number of nitro groups is 1. The molecule has 0 fully saturated rings. The molecule has 0 saturated heterocycles. The number of nitrogens with one attached hydrogen (secondary N) is 1. The fourth-order valence-corrected chi connectivity index (χ4v) is 3.20. The summed E-state index contributed by atoms with van der Waals surface area (Å²) in [4.78, 5) is 9.08. The maximum atomic E-state index is 12.1. The van der Waals surface area contributed by atoms with Crippen molar-refractivity contribution in [1.82, 2.24) is 4.72 Å². The lowest BCUT2D eigenvalue weighted by Gasteiger charge is -2.12. The predicted molar refractivity (Wildman–Crippen MR) is 70.3 cm³/mol. The van der Waals surface area contributed by atoms with Gasteiger partial charge < -0.3 is 5.11 Å².